The predicted molar refractivity (Wildman–Crippen MR) is 168 cm³/mol. The summed E-state index contributed by atoms with van der Waals surface area (Å²) in [6.45, 7) is 6.79. The van der Waals surface area contributed by atoms with Crippen molar-refractivity contribution in [3.05, 3.63) is 89.0 Å². The lowest BCUT2D eigenvalue weighted by atomic mass is 9.87. The molecule has 5 rings (SSSR count). The van der Waals surface area contributed by atoms with Crippen molar-refractivity contribution in [2.24, 2.45) is 11.8 Å². The monoisotopic (exact) mass is 567 g/mol. The van der Waals surface area contributed by atoms with Gasteiger partial charge in [-0.1, -0.05) is 87.7 Å². The summed E-state index contributed by atoms with van der Waals surface area (Å²) in [6, 6.07) is 22.7. The molecule has 0 spiro atoms. The Bertz CT molecular complexity index is 1370. The summed E-state index contributed by atoms with van der Waals surface area (Å²) < 4.78 is 5.50. The van der Waals surface area contributed by atoms with E-state index in [0.29, 0.717) is 31.5 Å². The van der Waals surface area contributed by atoms with Crippen LogP contribution in [0, 0.1) is 11.8 Å². The molecule has 1 heterocycles. The van der Waals surface area contributed by atoms with E-state index in [4.69, 9.17) is 4.74 Å². The van der Waals surface area contributed by atoms with Crippen LogP contribution in [0.1, 0.15) is 74.1 Å². The van der Waals surface area contributed by atoms with Gasteiger partial charge in [0.05, 0.1) is 7.11 Å². The van der Waals surface area contributed by atoms with Crippen molar-refractivity contribution in [2.45, 2.75) is 71.4 Å². The predicted octanol–water partition coefficient (Wildman–Crippen LogP) is 7.07. The molecule has 3 aromatic rings. The molecular formula is C36H45N3O3. The molecule has 0 radical (unpaired) electrons. The molecule has 222 valence electrons. The maximum Gasteiger partial charge on any atom is 0.317 e. The summed E-state index contributed by atoms with van der Waals surface area (Å²) in [5.41, 5.74) is 6.97. The molecule has 1 aliphatic carbocycles. The van der Waals surface area contributed by atoms with Gasteiger partial charge in [-0.15, -0.1) is 0 Å². The summed E-state index contributed by atoms with van der Waals surface area (Å²) in [6.07, 6.45) is 6.26. The van der Waals surface area contributed by atoms with Crippen molar-refractivity contribution < 1.29 is 14.3 Å². The molecular weight excluding hydrogens is 522 g/mol. The number of nitrogens with one attached hydrogen (secondary N) is 2. The zero-order valence-electron chi connectivity index (χ0n) is 25.3. The van der Waals surface area contributed by atoms with E-state index in [1.165, 1.54) is 24.0 Å². The number of methoxy groups -OCH3 is 1. The first-order valence-electron chi connectivity index (χ1n) is 15.7. The fourth-order valence-corrected chi connectivity index (χ4v) is 6.29. The highest BCUT2D eigenvalue weighted by Gasteiger charge is 2.43. The quantitative estimate of drug-likeness (QED) is 0.246. The van der Waals surface area contributed by atoms with E-state index in [1.54, 1.807) is 7.11 Å². The van der Waals surface area contributed by atoms with E-state index in [9.17, 15) is 9.59 Å². The molecule has 2 N–H and O–H groups in total. The number of unbranched alkanes of at least 4 members (excludes halogenated alkanes) is 1. The first kappa shape index (κ1) is 29.7. The molecule has 0 saturated heterocycles. The van der Waals surface area contributed by atoms with Crippen LogP contribution in [0.5, 0.6) is 5.75 Å². The minimum absolute atomic E-state index is 0.000973. The number of rotatable bonds is 12. The van der Waals surface area contributed by atoms with Crippen molar-refractivity contribution in [3.63, 3.8) is 0 Å². The average molecular weight is 568 g/mol. The lowest BCUT2D eigenvalue weighted by Crippen LogP contribution is -2.44. The van der Waals surface area contributed by atoms with Crippen molar-refractivity contribution in [1.82, 2.24) is 15.5 Å². The van der Waals surface area contributed by atoms with Gasteiger partial charge in [0.1, 0.15) is 5.75 Å². The summed E-state index contributed by atoms with van der Waals surface area (Å²) in [7, 11) is 1.68. The van der Waals surface area contributed by atoms with Crippen LogP contribution in [0.2, 0.25) is 0 Å². The topological polar surface area (TPSA) is 70.7 Å². The van der Waals surface area contributed by atoms with Crippen LogP contribution >= 0.6 is 0 Å². The third kappa shape index (κ3) is 6.97. The Balaban J connectivity index is 1.33. The zero-order valence-corrected chi connectivity index (χ0v) is 25.3. The fraction of sp³-hybridized carbons (Fsp3) is 0.444. The van der Waals surface area contributed by atoms with Gasteiger partial charge in [0.15, 0.2) is 0 Å². The summed E-state index contributed by atoms with van der Waals surface area (Å²) in [4.78, 5) is 28.4. The van der Waals surface area contributed by atoms with Crippen molar-refractivity contribution >= 4 is 11.9 Å². The highest BCUT2D eigenvalue weighted by Crippen LogP contribution is 2.47. The number of urea groups is 1. The number of hydrogen-bond acceptors (Lipinski definition) is 3. The third-order valence-corrected chi connectivity index (χ3v) is 9.07. The van der Waals surface area contributed by atoms with Gasteiger partial charge in [-0.3, -0.25) is 4.79 Å². The molecule has 42 heavy (non-hydrogen) atoms. The molecule has 1 fully saturated rings. The smallest absolute Gasteiger partial charge is 0.317 e. The van der Waals surface area contributed by atoms with Crippen LogP contribution in [-0.4, -0.2) is 37.0 Å². The van der Waals surface area contributed by atoms with Crippen LogP contribution in [-0.2, 0) is 24.3 Å². The molecule has 3 amide bonds. The lowest BCUT2D eigenvalue weighted by Gasteiger charge is -2.32. The van der Waals surface area contributed by atoms with E-state index < -0.39 is 0 Å². The van der Waals surface area contributed by atoms with Crippen LogP contribution in [0.3, 0.4) is 0 Å². The normalized spacial score (nSPS) is 18.1. The minimum Gasteiger partial charge on any atom is -0.497 e. The Labute approximate surface area is 250 Å². The molecule has 3 atom stereocenters. The average Bonchev–Trinajstić information content (AvgIpc) is 3.85. The van der Waals surface area contributed by atoms with Gasteiger partial charge in [0.2, 0.25) is 5.91 Å². The Morgan fingerprint density at radius 3 is 2.60 bits per heavy atom. The highest BCUT2D eigenvalue weighted by molar-refractivity contribution is 5.83. The van der Waals surface area contributed by atoms with Gasteiger partial charge in [-0.25, -0.2) is 4.79 Å². The zero-order chi connectivity index (χ0) is 29.5. The van der Waals surface area contributed by atoms with Gasteiger partial charge in [0, 0.05) is 32.1 Å². The van der Waals surface area contributed by atoms with E-state index in [0.717, 1.165) is 60.2 Å². The number of nitrogens with zero attached hydrogens (tertiary/aromatic N) is 1. The molecule has 3 unspecified atom stereocenters. The molecule has 6 nitrogen and oxygen atoms in total. The molecule has 6 heteroatoms. The van der Waals surface area contributed by atoms with Gasteiger partial charge in [-0.2, -0.15) is 0 Å². The second-order valence-corrected chi connectivity index (χ2v) is 11.8. The van der Waals surface area contributed by atoms with Crippen LogP contribution in [0.25, 0.3) is 11.1 Å². The fourth-order valence-electron chi connectivity index (χ4n) is 6.29. The van der Waals surface area contributed by atoms with Gasteiger partial charge in [0.25, 0.3) is 0 Å². The maximum atomic E-state index is 13.3. The molecule has 0 aromatic heterocycles. The number of hydrogen-bond donors (Lipinski definition) is 2. The Morgan fingerprint density at radius 2 is 1.83 bits per heavy atom. The summed E-state index contributed by atoms with van der Waals surface area (Å²) in [5.74, 6) is 1.77. The Hall–Kier alpha value is -3.80. The van der Waals surface area contributed by atoms with Crippen molar-refractivity contribution in [3.8, 4) is 16.9 Å². The number of benzene rings is 3. The number of carbonyl (C=O) groups excluding carboxylic acids is 2. The second-order valence-electron chi connectivity index (χ2n) is 11.8. The van der Waals surface area contributed by atoms with Crippen molar-refractivity contribution in [2.75, 3.05) is 20.2 Å². The SMILES string of the molecule is CCCCC(CC)CNC(=O)N1CCc2c(-c3cccc(OC)c3)ccc(CNC(=O)C3CC3c3ccccc3)c2C1. The molecule has 1 saturated carbocycles. The van der Waals surface area contributed by atoms with Crippen LogP contribution < -0.4 is 15.4 Å². The molecule has 0 bridgehead atoms. The third-order valence-electron chi connectivity index (χ3n) is 9.07. The first-order chi connectivity index (χ1) is 20.5. The summed E-state index contributed by atoms with van der Waals surface area (Å²) in [5, 5.41) is 6.44. The number of carbonyl (C=O) groups is 2. The molecule has 2 aliphatic rings. The lowest BCUT2D eigenvalue weighted by molar-refractivity contribution is -0.122. The first-order valence-corrected chi connectivity index (χ1v) is 15.7. The van der Waals surface area contributed by atoms with Crippen LogP contribution in [0.15, 0.2) is 66.7 Å². The highest BCUT2D eigenvalue weighted by atomic mass is 16.5. The van der Waals surface area contributed by atoms with Crippen LogP contribution in [0.4, 0.5) is 4.79 Å². The summed E-state index contributed by atoms with van der Waals surface area (Å²) >= 11 is 0. The van der Waals surface area contributed by atoms with E-state index in [1.807, 2.05) is 35.2 Å². The minimum atomic E-state index is 0.000973. The molecule has 3 aromatic carbocycles. The Kier molecular flexibility index (Phi) is 9.83. The van der Waals surface area contributed by atoms with E-state index in [2.05, 4.69) is 60.9 Å². The van der Waals surface area contributed by atoms with Gasteiger partial charge < -0.3 is 20.3 Å². The van der Waals surface area contributed by atoms with Crippen molar-refractivity contribution in [1.29, 1.82) is 0 Å². The second kappa shape index (κ2) is 13.9. The Morgan fingerprint density at radius 1 is 1.00 bits per heavy atom. The number of ether oxygens (including phenoxy) is 1. The number of amides is 3. The maximum absolute atomic E-state index is 13.3. The van der Waals surface area contributed by atoms with E-state index >= 15 is 0 Å². The van der Waals surface area contributed by atoms with E-state index in [-0.39, 0.29) is 17.9 Å². The van der Waals surface area contributed by atoms with Gasteiger partial charge >= 0.3 is 6.03 Å². The standard InChI is InChI=1S/C36H45N3O3/c1-4-6-11-25(5-2)22-38-36(41)39-19-18-31-30(27-14-10-15-29(20-27)42-3)17-16-28(34(31)24-39)23-37-35(40)33-21-32(33)26-12-8-7-9-13-26/h7-10,12-17,20,25,32-33H,4-6,11,18-19,21-24H2,1-3H3,(H,37,40)(H,38,41). The largest absolute Gasteiger partial charge is 0.497 e. The van der Waals surface area contributed by atoms with Gasteiger partial charge in [-0.05, 0) is 76.6 Å². The number of fused-ring (bicyclic) bond motifs is 1. The molecule has 1 aliphatic heterocycles.